The molecular weight excluding hydrogens is 244 g/mol. The zero-order chi connectivity index (χ0) is 13.8. The van der Waals surface area contributed by atoms with Crippen LogP contribution in [0.3, 0.4) is 0 Å². The number of urea groups is 1. The lowest BCUT2D eigenvalue weighted by Crippen LogP contribution is -2.49. The number of nitrogens with zero attached hydrogens (tertiary/aromatic N) is 1. The molecule has 2 rings (SSSR count). The van der Waals surface area contributed by atoms with Crippen LogP contribution < -0.4 is 5.32 Å². The van der Waals surface area contributed by atoms with Gasteiger partial charge in [0.15, 0.2) is 0 Å². The van der Waals surface area contributed by atoms with Crippen molar-refractivity contribution in [1.82, 2.24) is 10.2 Å². The molecule has 5 nitrogen and oxygen atoms in total. The van der Waals surface area contributed by atoms with Crippen LogP contribution in [0.1, 0.15) is 45.4 Å². The van der Waals surface area contributed by atoms with Crippen molar-refractivity contribution in [2.24, 2.45) is 11.8 Å². The summed E-state index contributed by atoms with van der Waals surface area (Å²) in [5, 5.41) is 11.8. The van der Waals surface area contributed by atoms with E-state index in [-0.39, 0.29) is 6.03 Å². The fourth-order valence-corrected chi connectivity index (χ4v) is 2.49. The van der Waals surface area contributed by atoms with E-state index >= 15 is 0 Å². The molecule has 108 valence electrons. The average Bonchev–Trinajstić information content (AvgIpc) is 3.10. The van der Waals surface area contributed by atoms with Gasteiger partial charge in [0.05, 0.1) is 0 Å². The number of carbonyl (C=O) groups is 2. The van der Waals surface area contributed by atoms with Gasteiger partial charge in [-0.25, -0.2) is 9.59 Å². The van der Waals surface area contributed by atoms with Crippen molar-refractivity contribution in [3.8, 4) is 0 Å². The van der Waals surface area contributed by atoms with E-state index in [0.29, 0.717) is 24.8 Å². The van der Waals surface area contributed by atoms with Gasteiger partial charge in [-0.15, -0.1) is 0 Å². The van der Waals surface area contributed by atoms with Gasteiger partial charge in [-0.05, 0) is 38.0 Å². The lowest BCUT2D eigenvalue weighted by atomic mass is 9.85. The van der Waals surface area contributed by atoms with Crippen LogP contribution in [-0.4, -0.2) is 41.1 Å². The third kappa shape index (κ3) is 4.11. The van der Waals surface area contributed by atoms with Crippen LogP contribution in [0, 0.1) is 11.8 Å². The summed E-state index contributed by atoms with van der Waals surface area (Å²) in [4.78, 5) is 25.0. The Labute approximate surface area is 114 Å². The van der Waals surface area contributed by atoms with Crippen molar-refractivity contribution in [1.29, 1.82) is 0 Å². The Morgan fingerprint density at radius 2 is 1.95 bits per heavy atom. The third-order valence-corrected chi connectivity index (χ3v) is 4.23. The number of carboxylic acid groups (broad SMARTS) is 1. The minimum absolute atomic E-state index is 0.220. The van der Waals surface area contributed by atoms with E-state index in [0.717, 1.165) is 19.4 Å². The maximum Gasteiger partial charge on any atom is 0.326 e. The van der Waals surface area contributed by atoms with Crippen LogP contribution in [0.4, 0.5) is 4.79 Å². The van der Waals surface area contributed by atoms with Crippen LogP contribution in [0.15, 0.2) is 0 Å². The van der Waals surface area contributed by atoms with E-state index in [1.807, 2.05) is 6.92 Å². The van der Waals surface area contributed by atoms with E-state index in [1.54, 1.807) is 4.90 Å². The summed E-state index contributed by atoms with van der Waals surface area (Å²) in [5.41, 5.74) is 0. The summed E-state index contributed by atoms with van der Waals surface area (Å²) in [6.07, 6.45) is 6.40. The highest BCUT2D eigenvalue weighted by Gasteiger charge is 2.31. The van der Waals surface area contributed by atoms with Gasteiger partial charge in [-0.2, -0.15) is 0 Å². The zero-order valence-corrected chi connectivity index (χ0v) is 11.6. The molecule has 2 saturated carbocycles. The molecule has 0 bridgehead atoms. The smallest absolute Gasteiger partial charge is 0.326 e. The second-order valence-corrected chi connectivity index (χ2v) is 5.85. The fourth-order valence-electron chi connectivity index (χ4n) is 2.49. The number of amides is 2. The van der Waals surface area contributed by atoms with Crippen molar-refractivity contribution in [3.05, 3.63) is 0 Å². The molecule has 0 spiro atoms. The van der Waals surface area contributed by atoms with E-state index in [1.165, 1.54) is 19.3 Å². The molecule has 0 unspecified atom stereocenters. The summed E-state index contributed by atoms with van der Waals surface area (Å²) in [6, 6.07) is -0.946. The minimum Gasteiger partial charge on any atom is -0.480 e. The highest BCUT2D eigenvalue weighted by atomic mass is 16.4. The van der Waals surface area contributed by atoms with Gasteiger partial charge in [0, 0.05) is 13.1 Å². The Hall–Kier alpha value is -1.26. The Morgan fingerprint density at radius 1 is 1.26 bits per heavy atom. The largest absolute Gasteiger partial charge is 0.480 e. The molecule has 0 aromatic rings. The number of carbonyl (C=O) groups excluding carboxylic acids is 1. The highest BCUT2D eigenvalue weighted by molar-refractivity contribution is 5.82. The Bertz CT molecular complexity index is 338. The maximum absolute atomic E-state index is 12.1. The van der Waals surface area contributed by atoms with Gasteiger partial charge >= 0.3 is 12.0 Å². The fraction of sp³-hybridized carbons (Fsp3) is 0.857. The molecule has 5 heteroatoms. The van der Waals surface area contributed by atoms with Gasteiger partial charge < -0.3 is 15.3 Å². The van der Waals surface area contributed by atoms with Crippen LogP contribution in [0.25, 0.3) is 0 Å². The second kappa shape index (κ2) is 6.26. The Morgan fingerprint density at radius 3 is 2.37 bits per heavy atom. The van der Waals surface area contributed by atoms with E-state index in [4.69, 9.17) is 5.11 Å². The van der Waals surface area contributed by atoms with Gasteiger partial charge in [0.1, 0.15) is 6.04 Å². The number of hydrogen-bond donors (Lipinski definition) is 2. The number of aliphatic carboxylic acids is 1. The number of carboxylic acids is 1. The predicted molar refractivity (Wildman–Crippen MR) is 71.9 cm³/mol. The number of nitrogens with one attached hydrogen (secondary N) is 1. The Kier molecular flexibility index (Phi) is 4.66. The molecule has 19 heavy (non-hydrogen) atoms. The SMILES string of the molecule is CCN(CC1CCC1)C(=O)N[C@@H](CC1CC1)C(=O)O. The van der Waals surface area contributed by atoms with Crippen LogP contribution in [0.5, 0.6) is 0 Å². The Balaban J connectivity index is 1.82. The van der Waals surface area contributed by atoms with Crippen molar-refractivity contribution >= 4 is 12.0 Å². The highest BCUT2D eigenvalue weighted by Crippen LogP contribution is 2.33. The van der Waals surface area contributed by atoms with Gasteiger partial charge in [-0.1, -0.05) is 19.3 Å². The van der Waals surface area contributed by atoms with Gasteiger partial charge in [-0.3, -0.25) is 0 Å². The molecule has 2 amide bonds. The molecule has 0 aromatic carbocycles. The first-order valence-corrected chi connectivity index (χ1v) is 7.38. The summed E-state index contributed by atoms with van der Waals surface area (Å²) in [5.74, 6) is 0.181. The van der Waals surface area contributed by atoms with E-state index < -0.39 is 12.0 Å². The normalized spacial score (nSPS) is 20.5. The van der Waals surface area contributed by atoms with E-state index in [2.05, 4.69) is 5.32 Å². The van der Waals surface area contributed by atoms with Gasteiger partial charge in [0.25, 0.3) is 0 Å². The van der Waals surface area contributed by atoms with Crippen molar-refractivity contribution < 1.29 is 14.7 Å². The summed E-state index contributed by atoms with van der Waals surface area (Å²) in [7, 11) is 0. The van der Waals surface area contributed by atoms with Crippen LogP contribution in [0.2, 0.25) is 0 Å². The van der Waals surface area contributed by atoms with Crippen molar-refractivity contribution in [2.45, 2.75) is 51.5 Å². The molecule has 0 aromatic heterocycles. The first kappa shape index (κ1) is 14.2. The molecule has 0 radical (unpaired) electrons. The predicted octanol–water partition coefficient (Wildman–Crippen LogP) is 2.07. The van der Waals surface area contributed by atoms with Crippen molar-refractivity contribution in [3.63, 3.8) is 0 Å². The number of hydrogen-bond acceptors (Lipinski definition) is 2. The average molecular weight is 268 g/mol. The lowest BCUT2D eigenvalue weighted by Gasteiger charge is -2.32. The third-order valence-electron chi connectivity index (χ3n) is 4.23. The first-order valence-electron chi connectivity index (χ1n) is 7.38. The molecule has 0 heterocycles. The topological polar surface area (TPSA) is 69.6 Å². The summed E-state index contributed by atoms with van der Waals surface area (Å²) >= 11 is 0. The molecule has 2 aliphatic carbocycles. The standard InChI is InChI=1S/C14H24N2O3/c1-2-16(9-11-4-3-5-11)14(19)15-12(13(17)18)8-10-6-7-10/h10-12H,2-9H2,1H3,(H,15,19)(H,17,18)/t12-/m0/s1. The van der Waals surface area contributed by atoms with Crippen LogP contribution in [-0.2, 0) is 4.79 Å². The molecule has 0 saturated heterocycles. The molecule has 2 N–H and O–H groups in total. The molecule has 0 aliphatic heterocycles. The van der Waals surface area contributed by atoms with Crippen molar-refractivity contribution in [2.75, 3.05) is 13.1 Å². The molecule has 2 aliphatic rings. The molecular formula is C14H24N2O3. The minimum atomic E-state index is -0.917. The quantitative estimate of drug-likeness (QED) is 0.742. The monoisotopic (exact) mass is 268 g/mol. The summed E-state index contributed by atoms with van der Waals surface area (Å²) < 4.78 is 0. The second-order valence-electron chi connectivity index (χ2n) is 5.85. The van der Waals surface area contributed by atoms with Gasteiger partial charge in [0.2, 0.25) is 0 Å². The summed E-state index contributed by atoms with van der Waals surface area (Å²) in [6.45, 7) is 3.34. The first-order chi connectivity index (χ1) is 9.10. The van der Waals surface area contributed by atoms with Crippen LogP contribution >= 0.6 is 0 Å². The molecule has 2 fully saturated rings. The lowest BCUT2D eigenvalue weighted by molar-refractivity contribution is -0.139. The zero-order valence-electron chi connectivity index (χ0n) is 11.6. The number of rotatable bonds is 7. The molecule has 1 atom stereocenters. The van der Waals surface area contributed by atoms with E-state index in [9.17, 15) is 9.59 Å². The maximum atomic E-state index is 12.1.